The first kappa shape index (κ1) is 14.0. The third-order valence-corrected chi connectivity index (χ3v) is 6.48. The summed E-state index contributed by atoms with van der Waals surface area (Å²) in [6.07, 6.45) is 21.6. The quantitative estimate of drug-likeness (QED) is 0.447. The van der Waals surface area contributed by atoms with Crippen molar-refractivity contribution in [3.63, 3.8) is 0 Å². The minimum absolute atomic E-state index is 0.845. The lowest BCUT2D eigenvalue weighted by molar-refractivity contribution is -0.0583. The molecule has 4 fully saturated rings. The Balaban J connectivity index is 1.36. The fourth-order valence-corrected chi connectivity index (χ4v) is 6.05. The van der Waals surface area contributed by atoms with Crippen LogP contribution in [0.5, 0.6) is 0 Å². The molecule has 4 aliphatic carbocycles. The SMILES string of the molecule is CCCCCCCCCC12CC3CC(CC(C3)C1)C2. The summed E-state index contributed by atoms with van der Waals surface area (Å²) in [5.74, 6) is 3.45. The Bertz CT molecular complexity index is 242. The molecule has 0 N–H and O–H groups in total. The van der Waals surface area contributed by atoms with Gasteiger partial charge in [0.05, 0.1) is 0 Å². The first-order valence-corrected chi connectivity index (χ1v) is 9.30. The zero-order valence-corrected chi connectivity index (χ0v) is 13.1. The maximum atomic E-state index is 2.31. The summed E-state index contributed by atoms with van der Waals surface area (Å²) in [4.78, 5) is 0. The normalized spacial score (nSPS) is 39.9. The Hall–Kier alpha value is 0. The van der Waals surface area contributed by atoms with Crippen LogP contribution in [-0.4, -0.2) is 0 Å². The van der Waals surface area contributed by atoms with Crippen LogP contribution in [0.1, 0.15) is 96.8 Å². The van der Waals surface area contributed by atoms with Gasteiger partial charge in [0, 0.05) is 0 Å². The van der Waals surface area contributed by atoms with Crippen molar-refractivity contribution >= 4 is 0 Å². The van der Waals surface area contributed by atoms with Crippen molar-refractivity contribution in [2.45, 2.75) is 96.8 Å². The predicted molar refractivity (Wildman–Crippen MR) is 83.2 cm³/mol. The van der Waals surface area contributed by atoms with E-state index in [4.69, 9.17) is 0 Å². The van der Waals surface area contributed by atoms with E-state index in [1.165, 1.54) is 44.9 Å². The third kappa shape index (κ3) is 3.37. The minimum Gasteiger partial charge on any atom is -0.0654 e. The van der Waals surface area contributed by atoms with Crippen LogP contribution in [0, 0.1) is 23.2 Å². The summed E-state index contributed by atoms with van der Waals surface area (Å²) in [5, 5.41) is 0. The van der Waals surface area contributed by atoms with Gasteiger partial charge in [-0.3, -0.25) is 0 Å². The molecule has 0 aromatic heterocycles. The highest BCUT2D eigenvalue weighted by Crippen LogP contribution is 2.61. The maximum Gasteiger partial charge on any atom is -0.0290 e. The standard InChI is InChI=1S/C19H34/c1-2-3-4-5-6-7-8-9-19-13-16-10-17(14-19)12-18(11-16)15-19/h16-18H,2-15H2,1H3. The highest BCUT2D eigenvalue weighted by Gasteiger charge is 2.50. The topological polar surface area (TPSA) is 0 Å². The van der Waals surface area contributed by atoms with E-state index in [0.29, 0.717) is 0 Å². The Labute approximate surface area is 120 Å². The van der Waals surface area contributed by atoms with E-state index >= 15 is 0 Å². The van der Waals surface area contributed by atoms with Crippen LogP contribution >= 0.6 is 0 Å². The molecule has 0 radical (unpaired) electrons. The second-order valence-electron chi connectivity index (χ2n) is 8.29. The van der Waals surface area contributed by atoms with Crippen LogP contribution in [0.4, 0.5) is 0 Å². The van der Waals surface area contributed by atoms with Gasteiger partial charge >= 0.3 is 0 Å². The fourth-order valence-electron chi connectivity index (χ4n) is 6.05. The van der Waals surface area contributed by atoms with E-state index in [9.17, 15) is 0 Å². The second-order valence-corrected chi connectivity index (χ2v) is 8.29. The van der Waals surface area contributed by atoms with Gasteiger partial charge < -0.3 is 0 Å². The second kappa shape index (κ2) is 6.19. The fraction of sp³-hybridized carbons (Fsp3) is 1.00. The average molecular weight is 262 g/mol. The van der Waals surface area contributed by atoms with Crippen LogP contribution in [-0.2, 0) is 0 Å². The lowest BCUT2D eigenvalue weighted by Gasteiger charge is -2.57. The summed E-state index contributed by atoms with van der Waals surface area (Å²) in [7, 11) is 0. The smallest absolute Gasteiger partial charge is 0.0290 e. The molecule has 0 heteroatoms. The van der Waals surface area contributed by atoms with Gasteiger partial charge in [-0.25, -0.2) is 0 Å². The Morgan fingerprint density at radius 3 is 1.68 bits per heavy atom. The van der Waals surface area contributed by atoms with Crippen LogP contribution in [0.2, 0.25) is 0 Å². The van der Waals surface area contributed by atoms with Crippen molar-refractivity contribution in [2.24, 2.45) is 23.2 Å². The lowest BCUT2D eigenvalue weighted by atomic mass is 9.48. The van der Waals surface area contributed by atoms with Gasteiger partial charge in [-0.1, -0.05) is 51.9 Å². The monoisotopic (exact) mass is 262 g/mol. The molecule has 0 heterocycles. The number of unbranched alkanes of at least 4 members (excludes halogenated alkanes) is 6. The van der Waals surface area contributed by atoms with Gasteiger partial charge in [0.2, 0.25) is 0 Å². The van der Waals surface area contributed by atoms with Crippen LogP contribution in [0.3, 0.4) is 0 Å². The summed E-state index contributed by atoms with van der Waals surface area (Å²) < 4.78 is 0. The Morgan fingerprint density at radius 1 is 0.684 bits per heavy atom. The maximum absolute atomic E-state index is 2.31. The molecule has 4 aliphatic rings. The first-order valence-electron chi connectivity index (χ1n) is 9.30. The average Bonchev–Trinajstić information content (AvgIpc) is 2.36. The van der Waals surface area contributed by atoms with Gasteiger partial charge in [-0.15, -0.1) is 0 Å². The molecular weight excluding hydrogens is 228 g/mol. The van der Waals surface area contributed by atoms with Crippen molar-refractivity contribution in [1.82, 2.24) is 0 Å². The van der Waals surface area contributed by atoms with Crippen molar-refractivity contribution in [2.75, 3.05) is 0 Å². The van der Waals surface area contributed by atoms with E-state index in [0.717, 1.165) is 23.2 Å². The largest absolute Gasteiger partial charge is 0.0654 e. The molecule has 0 amide bonds. The highest BCUT2D eigenvalue weighted by molar-refractivity contribution is 5.01. The van der Waals surface area contributed by atoms with Crippen molar-refractivity contribution < 1.29 is 0 Å². The van der Waals surface area contributed by atoms with Gasteiger partial charge in [-0.2, -0.15) is 0 Å². The summed E-state index contributed by atoms with van der Waals surface area (Å²) in [5.41, 5.74) is 0.845. The van der Waals surface area contributed by atoms with Crippen LogP contribution in [0.15, 0.2) is 0 Å². The van der Waals surface area contributed by atoms with Crippen LogP contribution in [0.25, 0.3) is 0 Å². The minimum atomic E-state index is 0.845. The molecule has 0 unspecified atom stereocenters. The Morgan fingerprint density at radius 2 is 1.16 bits per heavy atom. The molecule has 0 aliphatic heterocycles. The van der Waals surface area contributed by atoms with Crippen LogP contribution < -0.4 is 0 Å². The molecule has 0 aromatic carbocycles. The lowest BCUT2D eigenvalue weighted by Crippen LogP contribution is -2.45. The molecular formula is C19H34. The molecule has 4 saturated carbocycles. The first-order chi connectivity index (χ1) is 9.30. The van der Waals surface area contributed by atoms with Gasteiger partial charge in [-0.05, 0) is 68.1 Å². The zero-order valence-electron chi connectivity index (χ0n) is 13.1. The van der Waals surface area contributed by atoms with Crippen molar-refractivity contribution in [3.05, 3.63) is 0 Å². The summed E-state index contributed by atoms with van der Waals surface area (Å²) >= 11 is 0. The van der Waals surface area contributed by atoms with Gasteiger partial charge in [0.25, 0.3) is 0 Å². The predicted octanol–water partition coefficient (Wildman–Crippen LogP) is 6.34. The molecule has 0 nitrogen and oxygen atoms in total. The van der Waals surface area contributed by atoms with E-state index in [1.54, 1.807) is 44.9 Å². The van der Waals surface area contributed by atoms with Crippen molar-refractivity contribution in [3.8, 4) is 0 Å². The highest BCUT2D eigenvalue weighted by atomic mass is 14.5. The van der Waals surface area contributed by atoms with E-state index < -0.39 is 0 Å². The van der Waals surface area contributed by atoms with Crippen molar-refractivity contribution in [1.29, 1.82) is 0 Å². The zero-order chi connectivity index (χ0) is 13.1. The molecule has 110 valence electrons. The van der Waals surface area contributed by atoms with E-state index in [1.807, 2.05) is 0 Å². The Kier molecular flexibility index (Phi) is 4.54. The summed E-state index contributed by atoms with van der Waals surface area (Å²) in [6, 6.07) is 0. The molecule has 19 heavy (non-hydrogen) atoms. The molecule has 0 atom stereocenters. The van der Waals surface area contributed by atoms with Gasteiger partial charge in [0.1, 0.15) is 0 Å². The summed E-state index contributed by atoms with van der Waals surface area (Å²) in [6.45, 7) is 2.31. The molecule has 0 spiro atoms. The van der Waals surface area contributed by atoms with E-state index in [-0.39, 0.29) is 0 Å². The number of hydrogen-bond donors (Lipinski definition) is 0. The van der Waals surface area contributed by atoms with E-state index in [2.05, 4.69) is 6.92 Å². The molecule has 0 saturated heterocycles. The third-order valence-electron chi connectivity index (χ3n) is 6.48. The molecule has 4 bridgehead atoms. The van der Waals surface area contributed by atoms with Gasteiger partial charge in [0.15, 0.2) is 0 Å². The molecule has 0 aromatic rings. The number of rotatable bonds is 8. The number of hydrogen-bond acceptors (Lipinski definition) is 0. The molecule has 4 rings (SSSR count).